The number of amides is 2. The fourth-order valence-electron chi connectivity index (χ4n) is 3.40. The molecule has 0 aliphatic rings. The van der Waals surface area contributed by atoms with E-state index in [0.717, 1.165) is 16.1 Å². The molecule has 0 bridgehead atoms. The van der Waals surface area contributed by atoms with Crippen LogP contribution in [0.3, 0.4) is 0 Å². The van der Waals surface area contributed by atoms with Crippen LogP contribution in [0.4, 0.5) is 5.82 Å². The molecule has 0 spiro atoms. The van der Waals surface area contributed by atoms with Gasteiger partial charge in [0.1, 0.15) is 24.2 Å². The number of carbonyl (C=O) groups excluding carboxylic acids is 2. The smallest absolute Gasteiger partial charge is 0.249 e. The Hall–Kier alpha value is -4.72. The molecular weight excluding hydrogens is 424 g/mol. The van der Waals surface area contributed by atoms with Crippen molar-refractivity contribution in [3.63, 3.8) is 0 Å². The molecule has 3 N–H and O–H groups in total. The third-order valence-electron chi connectivity index (χ3n) is 5.26. The number of furan rings is 1. The van der Waals surface area contributed by atoms with Gasteiger partial charge in [0.2, 0.25) is 17.6 Å². The van der Waals surface area contributed by atoms with Crippen LogP contribution in [-0.2, 0) is 17.9 Å². The third kappa shape index (κ3) is 4.35. The monoisotopic (exact) mass is 444 g/mol. The number of hydrogen-bond acceptors (Lipinski definition) is 7. The van der Waals surface area contributed by atoms with Crippen molar-refractivity contribution < 1.29 is 14.0 Å². The van der Waals surface area contributed by atoms with E-state index < -0.39 is 11.8 Å². The maximum atomic E-state index is 12.8. The highest BCUT2D eigenvalue weighted by molar-refractivity contribution is 5.93. The Bertz CT molecular complexity index is 1360. The van der Waals surface area contributed by atoms with E-state index in [9.17, 15) is 14.9 Å². The highest BCUT2D eigenvalue weighted by atomic mass is 16.3. The minimum atomic E-state index is -0.533. The molecule has 0 aliphatic heterocycles. The Morgan fingerprint density at radius 1 is 1.21 bits per heavy atom. The van der Waals surface area contributed by atoms with Crippen molar-refractivity contribution in [2.75, 3.05) is 5.32 Å². The van der Waals surface area contributed by atoms with Crippen molar-refractivity contribution in [1.82, 2.24) is 24.8 Å². The molecule has 2 amide bonds. The third-order valence-corrected chi connectivity index (χ3v) is 5.26. The SMILES string of the molecule is Cc1c(C#N)c(NC(=O)Cn2nnc(-c3ccc(C(N)=O)cc3)n2)n(Cc2ccco2)c1C. The molecule has 0 fully saturated rings. The lowest BCUT2D eigenvalue weighted by molar-refractivity contribution is -0.117. The van der Waals surface area contributed by atoms with Gasteiger partial charge >= 0.3 is 0 Å². The molecule has 11 heteroatoms. The number of primary amides is 1. The van der Waals surface area contributed by atoms with Crippen LogP contribution >= 0.6 is 0 Å². The Morgan fingerprint density at radius 2 is 1.97 bits per heavy atom. The summed E-state index contributed by atoms with van der Waals surface area (Å²) in [5, 5.41) is 24.5. The van der Waals surface area contributed by atoms with Gasteiger partial charge in [-0.15, -0.1) is 10.2 Å². The van der Waals surface area contributed by atoms with Crippen LogP contribution in [0.1, 0.15) is 32.9 Å². The van der Waals surface area contributed by atoms with E-state index in [-0.39, 0.29) is 6.54 Å². The van der Waals surface area contributed by atoms with Gasteiger partial charge in [-0.3, -0.25) is 9.59 Å². The average Bonchev–Trinajstić information content (AvgIpc) is 3.52. The molecule has 3 aromatic heterocycles. The summed E-state index contributed by atoms with van der Waals surface area (Å²) in [6, 6.07) is 12.2. The van der Waals surface area contributed by atoms with Gasteiger partial charge in [0.05, 0.1) is 18.4 Å². The lowest BCUT2D eigenvalue weighted by Crippen LogP contribution is -2.23. The average molecular weight is 444 g/mol. The number of nitrogens with two attached hydrogens (primary N) is 1. The maximum Gasteiger partial charge on any atom is 0.249 e. The molecule has 4 rings (SSSR count). The van der Waals surface area contributed by atoms with E-state index in [4.69, 9.17) is 10.2 Å². The number of carbonyl (C=O) groups is 2. The summed E-state index contributed by atoms with van der Waals surface area (Å²) in [6.07, 6.45) is 1.57. The Kier molecular flexibility index (Phi) is 5.73. The Morgan fingerprint density at radius 3 is 2.61 bits per heavy atom. The summed E-state index contributed by atoms with van der Waals surface area (Å²) in [5.41, 5.74) is 8.24. The minimum absolute atomic E-state index is 0.207. The zero-order chi connectivity index (χ0) is 23.5. The van der Waals surface area contributed by atoms with Crippen LogP contribution in [0.5, 0.6) is 0 Å². The summed E-state index contributed by atoms with van der Waals surface area (Å²) in [5.74, 6) is 0.422. The molecule has 11 nitrogen and oxygen atoms in total. The molecule has 3 heterocycles. The standard InChI is InChI=1S/C22H20N8O3/c1-13-14(2)29(11-17-4-3-9-33-17)22(18(13)10-23)25-19(31)12-30-27-21(26-28-30)16-7-5-15(6-8-16)20(24)32/h3-9H,11-12H2,1-2H3,(H2,24,32)(H,25,31). The lowest BCUT2D eigenvalue weighted by atomic mass is 10.1. The van der Waals surface area contributed by atoms with Crippen molar-refractivity contribution in [3.8, 4) is 17.5 Å². The van der Waals surface area contributed by atoms with Crippen molar-refractivity contribution in [2.24, 2.45) is 5.73 Å². The summed E-state index contributed by atoms with van der Waals surface area (Å²) in [6.45, 7) is 3.87. The molecule has 0 radical (unpaired) electrons. The van der Waals surface area contributed by atoms with E-state index >= 15 is 0 Å². The van der Waals surface area contributed by atoms with Crippen LogP contribution in [0.2, 0.25) is 0 Å². The predicted molar refractivity (Wildman–Crippen MR) is 117 cm³/mol. The normalized spacial score (nSPS) is 10.7. The molecule has 0 aliphatic carbocycles. The number of rotatable bonds is 7. The Labute approximate surface area is 188 Å². The first-order chi connectivity index (χ1) is 15.9. The van der Waals surface area contributed by atoms with E-state index in [1.807, 2.05) is 24.5 Å². The highest BCUT2D eigenvalue weighted by Gasteiger charge is 2.21. The van der Waals surface area contributed by atoms with Crippen LogP contribution in [0.25, 0.3) is 11.4 Å². The molecule has 0 atom stereocenters. The fourth-order valence-corrected chi connectivity index (χ4v) is 3.40. The Balaban J connectivity index is 1.52. The maximum absolute atomic E-state index is 12.8. The fraction of sp³-hybridized carbons (Fsp3) is 0.182. The molecule has 0 unspecified atom stereocenters. The van der Waals surface area contributed by atoms with Gasteiger partial charge in [0, 0.05) is 16.8 Å². The molecule has 33 heavy (non-hydrogen) atoms. The minimum Gasteiger partial charge on any atom is -0.467 e. The lowest BCUT2D eigenvalue weighted by Gasteiger charge is -2.11. The number of aromatic nitrogens is 5. The van der Waals surface area contributed by atoms with Gasteiger partial charge in [0.25, 0.3) is 0 Å². The molecule has 4 aromatic rings. The quantitative estimate of drug-likeness (QED) is 0.441. The van der Waals surface area contributed by atoms with E-state index in [1.54, 1.807) is 36.6 Å². The zero-order valence-electron chi connectivity index (χ0n) is 17.9. The number of nitriles is 1. The first-order valence-corrected chi connectivity index (χ1v) is 9.97. The molecule has 0 saturated heterocycles. The predicted octanol–water partition coefficient (Wildman–Crippen LogP) is 2.01. The first-order valence-electron chi connectivity index (χ1n) is 9.97. The van der Waals surface area contributed by atoms with Gasteiger partial charge in [0.15, 0.2) is 0 Å². The van der Waals surface area contributed by atoms with E-state index in [0.29, 0.717) is 40.6 Å². The van der Waals surface area contributed by atoms with Gasteiger partial charge in [-0.05, 0) is 48.9 Å². The van der Waals surface area contributed by atoms with Crippen LogP contribution in [-0.4, -0.2) is 36.6 Å². The van der Waals surface area contributed by atoms with Crippen LogP contribution in [0, 0.1) is 25.2 Å². The number of nitrogens with one attached hydrogen (secondary N) is 1. The second kappa shape index (κ2) is 8.80. The van der Waals surface area contributed by atoms with Gasteiger partial charge in [-0.2, -0.15) is 10.1 Å². The molecule has 166 valence electrons. The summed E-state index contributed by atoms with van der Waals surface area (Å²) < 4.78 is 7.25. The molecular formula is C22H20N8O3. The van der Waals surface area contributed by atoms with Gasteiger partial charge in [-0.1, -0.05) is 12.1 Å². The number of anilines is 1. The summed E-state index contributed by atoms with van der Waals surface area (Å²) >= 11 is 0. The number of hydrogen-bond donors (Lipinski definition) is 2. The first kappa shape index (κ1) is 21.5. The highest BCUT2D eigenvalue weighted by Crippen LogP contribution is 2.27. The second-order valence-corrected chi connectivity index (χ2v) is 7.34. The van der Waals surface area contributed by atoms with Gasteiger partial charge < -0.3 is 20.0 Å². The van der Waals surface area contributed by atoms with Crippen molar-refractivity contribution in [1.29, 1.82) is 5.26 Å². The molecule has 0 saturated carbocycles. The number of benzene rings is 1. The van der Waals surface area contributed by atoms with Crippen LogP contribution < -0.4 is 11.1 Å². The van der Waals surface area contributed by atoms with Crippen molar-refractivity contribution in [2.45, 2.75) is 26.9 Å². The van der Waals surface area contributed by atoms with Crippen LogP contribution in [0.15, 0.2) is 47.1 Å². The zero-order valence-corrected chi connectivity index (χ0v) is 17.9. The largest absolute Gasteiger partial charge is 0.467 e. The van der Waals surface area contributed by atoms with Gasteiger partial charge in [-0.25, -0.2) is 0 Å². The molecule has 1 aromatic carbocycles. The van der Waals surface area contributed by atoms with E-state index in [2.05, 4.69) is 26.8 Å². The number of nitrogens with zero attached hydrogens (tertiary/aromatic N) is 6. The summed E-state index contributed by atoms with van der Waals surface area (Å²) in [4.78, 5) is 25.1. The second-order valence-electron chi connectivity index (χ2n) is 7.34. The van der Waals surface area contributed by atoms with E-state index in [1.165, 1.54) is 0 Å². The van der Waals surface area contributed by atoms with Crippen molar-refractivity contribution >= 4 is 17.6 Å². The summed E-state index contributed by atoms with van der Waals surface area (Å²) in [7, 11) is 0. The van der Waals surface area contributed by atoms with Crippen molar-refractivity contribution in [3.05, 3.63) is 70.8 Å². The topological polar surface area (TPSA) is 158 Å². The number of tetrazole rings is 1.